The highest BCUT2D eigenvalue weighted by Crippen LogP contribution is 2.26. The van der Waals surface area contributed by atoms with Crippen molar-refractivity contribution in [1.82, 2.24) is 9.97 Å². The second-order valence-corrected chi connectivity index (χ2v) is 4.01. The lowest BCUT2D eigenvalue weighted by atomic mass is 10.1. The monoisotopic (exact) mass is 282 g/mol. The minimum absolute atomic E-state index is 0.665. The third kappa shape index (κ3) is 2.36. The molecule has 0 atom stereocenters. The smallest absolute Gasteiger partial charge is 0.0889 e. The molecule has 2 rings (SSSR count). The molecule has 76 valence electrons. The van der Waals surface area contributed by atoms with Gasteiger partial charge in [0.2, 0.25) is 0 Å². The van der Waals surface area contributed by atoms with Crippen molar-refractivity contribution in [2.75, 3.05) is 0 Å². The first-order valence-corrected chi connectivity index (χ1v) is 5.92. The highest BCUT2D eigenvalue weighted by Gasteiger charge is 2.05. The molecule has 2 nitrogen and oxygen atoms in total. The number of alkyl halides is 1. The first-order chi connectivity index (χ1) is 7.31. The summed E-state index contributed by atoms with van der Waals surface area (Å²) >= 11 is 9.50. The van der Waals surface area contributed by atoms with E-state index in [1.807, 2.05) is 24.4 Å². The average Bonchev–Trinajstić information content (AvgIpc) is 2.30. The van der Waals surface area contributed by atoms with Crippen LogP contribution in [0.4, 0.5) is 0 Å². The van der Waals surface area contributed by atoms with E-state index < -0.39 is 0 Å². The summed E-state index contributed by atoms with van der Waals surface area (Å²) in [4.78, 5) is 8.29. The first kappa shape index (κ1) is 10.6. The highest BCUT2D eigenvalue weighted by atomic mass is 79.9. The molecule has 2 aromatic rings. The molecule has 0 amide bonds. The quantitative estimate of drug-likeness (QED) is 0.786. The van der Waals surface area contributed by atoms with Gasteiger partial charge in [-0.1, -0.05) is 27.5 Å². The Labute approximate surface area is 101 Å². The SMILES string of the molecule is Clc1cc(CBr)cnc1-c1ccncc1. The summed E-state index contributed by atoms with van der Waals surface area (Å²) in [6.45, 7) is 0. The minimum atomic E-state index is 0.665. The lowest BCUT2D eigenvalue weighted by molar-refractivity contribution is 1.25. The summed E-state index contributed by atoms with van der Waals surface area (Å²) in [6.07, 6.45) is 5.27. The largest absolute Gasteiger partial charge is 0.265 e. The van der Waals surface area contributed by atoms with Gasteiger partial charge in [0.05, 0.1) is 10.7 Å². The van der Waals surface area contributed by atoms with Crippen LogP contribution >= 0.6 is 27.5 Å². The normalized spacial score (nSPS) is 10.3. The van der Waals surface area contributed by atoms with E-state index in [9.17, 15) is 0 Å². The fraction of sp³-hybridized carbons (Fsp3) is 0.0909. The van der Waals surface area contributed by atoms with Crippen molar-refractivity contribution in [3.05, 3.63) is 47.4 Å². The number of aromatic nitrogens is 2. The molecule has 2 aromatic heterocycles. The number of rotatable bonds is 2. The predicted molar refractivity (Wildman–Crippen MR) is 65.1 cm³/mol. The van der Waals surface area contributed by atoms with Crippen LogP contribution in [0, 0.1) is 0 Å². The number of pyridine rings is 2. The molecule has 2 heterocycles. The Kier molecular flexibility index (Phi) is 3.34. The number of hydrogen-bond donors (Lipinski definition) is 0. The van der Waals surface area contributed by atoms with Crippen LogP contribution in [0.25, 0.3) is 11.3 Å². The molecule has 0 aliphatic carbocycles. The summed E-state index contributed by atoms with van der Waals surface area (Å²) in [7, 11) is 0. The zero-order valence-electron chi connectivity index (χ0n) is 7.82. The Hall–Kier alpha value is -0.930. The van der Waals surface area contributed by atoms with E-state index >= 15 is 0 Å². The average molecular weight is 284 g/mol. The van der Waals surface area contributed by atoms with Crippen LogP contribution < -0.4 is 0 Å². The Bertz CT molecular complexity index is 459. The van der Waals surface area contributed by atoms with Crippen LogP contribution in [0.2, 0.25) is 5.02 Å². The van der Waals surface area contributed by atoms with Crippen LogP contribution in [0.1, 0.15) is 5.56 Å². The molecular formula is C11H8BrClN2. The van der Waals surface area contributed by atoms with Crippen molar-refractivity contribution in [2.24, 2.45) is 0 Å². The number of nitrogens with zero attached hydrogens (tertiary/aromatic N) is 2. The molecule has 0 fully saturated rings. The predicted octanol–water partition coefficient (Wildman–Crippen LogP) is 3.69. The number of halogens is 2. The fourth-order valence-electron chi connectivity index (χ4n) is 1.27. The lowest BCUT2D eigenvalue weighted by Crippen LogP contribution is -1.88. The molecule has 0 aliphatic heterocycles. The van der Waals surface area contributed by atoms with Crippen molar-refractivity contribution in [1.29, 1.82) is 0 Å². The molecule has 0 spiro atoms. The van der Waals surface area contributed by atoms with Gasteiger partial charge in [0.1, 0.15) is 0 Å². The van der Waals surface area contributed by atoms with Gasteiger partial charge < -0.3 is 0 Å². The molecule has 0 N–H and O–H groups in total. The topological polar surface area (TPSA) is 25.8 Å². The van der Waals surface area contributed by atoms with Gasteiger partial charge in [0, 0.05) is 29.5 Å². The van der Waals surface area contributed by atoms with E-state index in [2.05, 4.69) is 25.9 Å². The van der Waals surface area contributed by atoms with Crippen molar-refractivity contribution in [3.8, 4) is 11.3 Å². The minimum Gasteiger partial charge on any atom is -0.265 e. The van der Waals surface area contributed by atoms with Crippen LogP contribution in [-0.4, -0.2) is 9.97 Å². The van der Waals surface area contributed by atoms with Crippen LogP contribution in [-0.2, 0) is 5.33 Å². The van der Waals surface area contributed by atoms with Gasteiger partial charge in [-0.2, -0.15) is 0 Å². The molecule has 15 heavy (non-hydrogen) atoms. The zero-order chi connectivity index (χ0) is 10.7. The molecule has 0 unspecified atom stereocenters. The Morgan fingerprint density at radius 2 is 2.00 bits per heavy atom. The van der Waals surface area contributed by atoms with Gasteiger partial charge in [-0.3, -0.25) is 9.97 Å². The lowest BCUT2D eigenvalue weighted by Gasteiger charge is -2.04. The summed E-state index contributed by atoms with van der Waals surface area (Å²) in [5.41, 5.74) is 2.85. The van der Waals surface area contributed by atoms with Gasteiger partial charge in [-0.25, -0.2) is 0 Å². The molecule has 0 saturated carbocycles. The van der Waals surface area contributed by atoms with Crippen LogP contribution in [0.5, 0.6) is 0 Å². The van der Waals surface area contributed by atoms with Crippen molar-refractivity contribution in [2.45, 2.75) is 5.33 Å². The Morgan fingerprint density at radius 3 is 2.60 bits per heavy atom. The summed E-state index contributed by atoms with van der Waals surface area (Å²) in [6, 6.07) is 5.70. The summed E-state index contributed by atoms with van der Waals surface area (Å²) in [5.74, 6) is 0. The molecule has 4 heteroatoms. The van der Waals surface area contributed by atoms with Gasteiger partial charge in [-0.05, 0) is 23.8 Å². The molecule has 0 radical (unpaired) electrons. The van der Waals surface area contributed by atoms with Crippen molar-refractivity contribution in [3.63, 3.8) is 0 Å². The Morgan fingerprint density at radius 1 is 1.27 bits per heavy atom. The maximum atomic E-state index is 6.14. The first-order valence-electron chi connectivity index (χ1n) is 4.42. The van der Waals surface area contributed by atoms with E-state index in [-0.39, 0.29) is 0 Å². The van der Waals surface area contributed by atoms with Crippen molar-refractivity contribution >= 4 is 27.5 Å². The maximum absolute atomic E-state index is 6.14. The fourth-order valence-corrected chi connectivity index (χ4v) is 1.88. The maximum Gasteiger partial charge on any atom is 0.0889 e. The molecule has 0 bridgehead atoms. The van der Waals surface area contributed by atoms with E-state index in [1.165, 1.54) is 0 Å². The third-order valence-corrected chi connectivity index (χ3v) is 2.94. The van der Waals surface area contributed by atoms with E-state index in [4.69, 9.17) is 11.6 Å². The van der Waals surface area contributed by atoms with Crippen molar-refractivity contribution < 1.29 is 0 Å². The highest BCUT2D eigenvalue weighted by molar-refractivity contribution is 9.08. The van der Waals surface area contributed by atoms with Gasteiger partial charge in [0.25, 0.3) is 0 Å². The van der Waals surface area contributed by atoms with Gasteiger partial charge >= 0.3 is 0 Å². The zero-order valence-corrected chi connectivity index (χ0v) is 10.2. The molecule has 0 aliphatic rings. The number of hydrogen-bond acceptors (Lipinski definition) is 2. The van der Waals surface area contributed by atoms with Gasteiger partial charge in [-0.15, -0.1) is 0 Å². The summed E-state index contributed by atoms with van der Waals surface area (Å²) < 4.78 is 0. The van der Waals surface area contributed by atoms with Crippen LogP contribution in [0.15, 0.2) is 36.8 Å². The van der Waals surface area contributed by atoms with E-state index in [1.54, 1.807) is 12.4 Å². The summed E-state index contributed by atoms with van der Waals surface area (Å²) in [5, 5.41) is 1.43. The second-order valence-electron chi connectivity index (χ2n) is 3.04. The van der Waals surface area contributed by atoms with Crippen LogP contribution in [0.3, 0.4) is 0 Å². The second kappa shape index (κ2) is 4.73. The van der Waals surface area contributed by atoms with E-state index in [0.717, 1.165) is 22.2 Å². The van der Waals surface area contributed by atoms with Gasteiger partial charge in [0.15, 0.2) is 0 Å². The standard InChI is InChI=1S/C11H8BrClN2/c12-6-8-5-10(13)11(15-7-8)9-1-3-14-4-2-9/h1-5,7H,6H2. The molecular weight excluding hydrogens is 275 g/mol. The third-order valence-electron chi connectivity index (χ3n) is 2.01. The Balaban J connectivity index is 2.46. The molecule has 0 saturated heterocycles. The van der Waals surface area contributed by atoms with E-state index in [0.29, 0.717) is 5.02 Å². The molecule has 0 aromatic carbocycles.